The molecule has 0 aliphatic carbocycles. The Kier molecular flexibility index (Phi) is 2.49. The maximum atomic E-state index is 11.8. The molecule has 1 atom stereocenters. The van der Waals surface area contributed by atoms with Crippen LogP contribution in [0.4, 0.5) is 0 Å². The number of aromatic nitrogens is 3. The molecule has 7 heteroatoms. The van der Waals surface area contributed by atoms with Crippen molar-refractivity contribution in [3.8, 4) is 0 Å². The first-order valence-electron chi connectivity index (χ1n) is 5.42. The molecule has 2 aromatic heterocycles. The van der Waals surface area contributed by atoms with Crippen molar-refractivity contribution in [1.29, 1.82) is 0 Å². The number of aromatic amines is 1. The van der Waals surface area contributed by atoms with Crippen molar-refractivity contribution in [2.75, 3.05) is 19.7 Å². The number of hydrogen-bond acceptors (Lipinski definition) is 4. The Morgan fingerprint density at radius 1 is 1.59 bits per heavy atom. The third-order valence-electron chi connectivity index (χ3n) is 2.83. The van der Waals surface area contributed by atoms with Gasteiger partial charge in [0.25, 0.3) is 5.56 Å². The molecule has 3 rings (SSSR count). The van der Waals surface area contributed by atoms with E-state index in [1.807, 2.05) is 0 Å². The second kappa shape index (κ2) is 4.01. The highest BCUT2D eigenvalue weighted by Crippen LogP contribution is 2.18. The molecule has 0 saturated carbocycles. The summed E-state index contributed by atoms with van der Waals surface area (Å²) >= 11 is 0. The van der Waals surface area contributed by atoms with Gasteiger partial charge in [0.2, 0.25) is 0 Å². The molecule has 0 amide bonds. The van der Waals surface area contributed by atoms with E-state index in [2.05, 4.69) is 10.1 Å². The fraction of sp³-hybridized carbons (Fsp3) is 0.400. The molecule has 0 spiro atoms. The summed E-state index contributed by atoms with van der Waals surface area (Å²) in [5.41, 5.74) is 1.07. The average Bonchev–Trinajstić information content (AvgIpc) is 2.77. The fourth-order valence-electron chi connectivity index (χ4n) is 1.96. The first kappa shape index (κ1) is 10.6. The fourth-order valence-corrected chi connectivity index (χ4v) is 1.96. The van der Waals surface area contributed by atoms with Crippen LogP contribution < -0.4 is 5.56 Å². The molecular formula is C10H11BN4O2. The molecule has 1 aliphatic heterocycles. The van der Waals surface area contributed by atoms with Crippen LogP contribution in [0.25, 0.3) is 5.65 Å². The van der Waals surface area contributed by atoms with E-state index in [1.165, 1.54) is 10.6 Å². The van der Waals surface area contributed by atoms with Gasteiger partial charge in [0.05, 0.1) is 12.3 Å². The summed E-state index contributed by atoms with van der Waals surface area (Å²) in [5.74, 6) is 0. The Bertz CT molecular complexity index is 593. The van der Waals surface area contributed by atoms with Crippen LogP contribution in [0.3, 0.4) is 0 Å². The van der Waals surface area contributed by atoms with E-state index in [0.29, 0.717) is 31.0 Å². The van der Waals surface area contributed by atoms with Crippen LogP contribution in [-0.2, 0) is 4.74 Å². The Labute approximate surface area is 98.6 Å². The zero-order valence-electron chi connectivity index (χ0n) is 9.17. The monoisotopic (exact) mass is 230 g/mol. The third kappa shape index (κ3) is 1.87. The molecule has 86 valence electrons. The summed E-state index contributed by atoms with van der Waals surface area (Å²) in [6.07, 6.45) is 1.44. The molecule has 0 bridgehead atoms. The van der Waals surface area contributed by atoms with Crippen LogP contribution in [0.1, 0.15) is 11.8 Å². The Balaban J connectivity index is 2.02. The molecule has 0 aromatic carbocycles. The van der Waals surface area contributed by atoms with Crippen molar-refractivity contribution in [1.82, 2.24) is 19.4 Å². The number of H-pyrrole nitrogens is 1. The predicted molar refractivity (Wildman–Crippen MR) is 61.8 cm³/mol. The molecule has 2 aromatic rings. The van der Waals surface area contributed by atoms with E-state index in [-0.39, 0.29) is 11.7 Å². The molecule has 17 heavy (non-hydrogen) atoms. The van der Waals surface area contributed by atoms with Gasteiger partial charge in [-0.2, -0.15) is 0 Å². The maximum absolute atomic E-state index is 11.8. The zero-order valence-corrected chi connectivity index (χ0v) is 9.17. The van der Waals surface area contributed by atoms with Crippen molar-refractivity contribution in [2.45, 2.75) is 6.10 Å². The summed E-state index contributed by atoms with van der Waals surface area (Å²) < 4.78 is 6.95. The Hall–Kier alpha value is -1.60. The van der Waals surface area contributed by atoms with Gasteiger partial charge in [-0.05, 0) is 0 Å². The van der Waals surface area contributed by atoms with E-state index in [4.69, 9.17) is 12.7 Å². The van der Waals surface area contributed by atoms with Crippen molar-refractivity contribution < 1.29 is 4.74 Å². The van der Waals surface area contributed by atoms with Crippen LogP contribution in [-0.4, -0.2) is 47.1 Å². The van der Waals surface area contributed by atoms with Gasteiger partial charge in [0.15, 0.2) is 13.6 Å². The van der Waals surface area contributed by atoms with Gasteiger partial charge < -0.3 is 9.55 Å². The number of nitrogens with zero attached hydrogens (tertiary/aromatic N) is 3. The number of hydrogen-bond donors (Lipinski definition) is 1. The zero-order chi connectivity index (χ0) is 11.8. The largest absolute Gasteiger partial charge is 0.369 e. The van der Waals surface area contributed by atoms with Crippen molar-refractivity contribution in [3.63, 3.8) is 0 Å². The summed E-state index contributed by atoms with van der Waals surface area (Å²) in [5, 5.41) is 2.79. The third-order valence-corrected chi connectivity index (χ3v) is 2.83. The molecule has 1 N–H and O–H groups in total. The van der Waals surface area contributed by atoms with E-state index >= 15 is 0 Å². The molecule has 1 unspecified atom stereocenters. The number of nitrogens with one attached hydrogen (secondary N) is 1. The Morgan fingerprint density at radius 3 is 3.29 bits per heavy atom. The van der Waals surface area contributed by atoms with Crippen LogP contribution in [0, 0.1) is 0 Å². The minimum absolute atomic E-state index is 0.146. The average molecular weight is 230 g/mol. The number of ether oxygens (including phenoxy) is 1. The SMILES string of the molecule is [B]N1CCOC(c2cc(=O)n3[nH]ccc3n2)C1. The standard InChI is InChI=1S/C10H11BN4O2/c11-14-3-4-17-8(6-14)7-5-10(16)15-9(13-7)1-2-12-15/h1-2,5,8,12H,3-4,6H2. The first-order valence-corrected chi connectivity index (χ1v) is 5.42. The van der Waals surface area contributed by atoms with Gasteiger partial charge in [-0.3, -0.25) is 9.89 Å². The normalized spacial score (nSPS) is 22.0. The number of fused-ring (bicyclic) bond motifs is 1. The Morgan fingerprint density at radius 2 is 2.47 bits per heavy atom. The lowest BCUT2D eigenvalue weighted by atomic mass is 10.1. The molecule has 3 heterocycles. The van der Waals surface area contributed by atoms with Gasteiger partial charge in [-0.1, -0.05) is 0 Å². The lowest BCUT2D eigenvalue weighted by Gasteiger charge is -2.30. The predicted octanol–water partition coefficient (Wildman–Crippen LogP) is -0.521. The molecule has 2 radical (unpaired) electrons. The van der Waals surface area contributed by atoms with Crippen molar-refractivity contribution in [2.24, 2.45) is 0 Å². The van der Waals surface area contributed by atoms with E-state index < -0.39 is 0 Å². The minimum Gasteiger partial charge on any atom is -0.369 e. The van der Waals surface area contributed by atoms with Gasteiger partial charge in [0, 0.05) is 31.4 Å². The van der Waals surface area contributed by atoms with Crippen molar-refractivity contribution >= 4 is 13.6 Å². The van der Waals surface area contributed by atoms with Crippen LogP contribution in [0.5, 0.6) is 0 Å². The van der Waals surface area contributed by atoms with Crippen LogP contribution >= 0.6 is 0 Å². The first-order chi connectivity index (χ1) is 8.24. The number of rotatable bonds is 1. The highest BCUT2D eigenvalue weighted by molar-refractivity contribution is 6.04. The quantitative estimate of drug-likeness (QED) is 0.669. The van der Waals surface area contributed by atoms with E-state index in [9.17, 15) is 4.79 Å². The highest BCUT2D eigenvalue weighted by atomic mass is 16.5. The van der Waals surface area contributed by atoms with Crippen LogP contribution in [0.2, 0.25) is 0 Å². The highest BCUT2D eigenvalue weighted by Gasteiger charge is 2.21. The van der Waals surface area contributed by atoms with Gasteiger partial charge in [0.1, 0.15) is 6.10 Å². The van der Waals surface area contributed by atoms with Gasteiger partial charge in [-0.25, -0.2) is 9.50 Å². The molecule has 1 fully saturated rings. The van der Waals surface area contributed by atoms with Gasteiger partial charge >= 0.3 is 0 Å². The van der Waals surface area contributed by atoms with Gasteiger partial charge in [-0.15, -0.1) is 0 Å². The molecule has 1 saturated heterocycles. The topological polar surface area (TPSA) is 62.6 Å². The van der Waals surface area contributed by atoms with Crippen LogP contribution in [0.15, 0.2) is 23.1 Å². The van der Waals surface area contributed by atoms with E-state index in [0.717, 1.165) is 0 Å². The van der Waals surface area contributed by atoms with E-state index in [1.54, 1.807) is 17.1 Å². The smallest absolute Gasteiger partial charge is 0.272 e. The molecule has 1 aliphatic rings. The summed E-state index contributed by atoms with van der Waals surface area (Å²) in [6, 6.07) is 3.22. The number of morpholine rings is 1. The minimum atomic E-state index is -0.235. The second-order valence-corrected chi connectivity index (χ2v) is 4.03. The summed E-state index contributed by atoms with van der Waals surface area (Å²) in [6.45, 7) is 1.80. The maximum Gasteiger partial charge on any atom is 0.272 e. The molecular weight excluding hydrogens is 219 g/mol. The van der Waals surface area contributed by atoms with Crippen molar-refractivity contribution in [3.05, 3.63) is 34.4 Å². The molecule has 6 nitrogen and oxygen atoms in total. The summed E-state index contributed by atoms with van der Waals surface area (Å²) in [4.78, 5) is 17.8. The summed E-state index contributed by atoms with van der Waals surface area (Å²) in [7, 11) is 5.73. The lowest BCUT2D eigenvalue weighted by molar-refractivity contribution is -0.00461. The lowest BCUT2D eigenvalue weighted by Crippen LogP contribution is -2.37. The second-order valence-electron chi connectivity index (χ2n) is 4.03.